The summed E-state index contributed by atoms with van der Waals surface area (Å²) in [6.45, 7) is 7.18. The molecule has 1 atom stereocenters. The summed E-state index contributed by atoms with van der Waals surface area (Å²) in [6, 6.07) is 0. The summed E-state index contributed by atoms with van der Waals surface area (Å²) < 4.78 is 1.96. The van der Waals surface area contributed by atoms with Crippen LogP contribution >= 0.6 is 0 Å². The normalized spacial score (nSPS) is 18.3. The Morgan fingerprint density at radius 3 is 2.68 bits per heavy atom. The summed E-state index contributed by atoms with van der Waals surface area (Å²) in [5.41, 5.74) is 1.17. The zero-order valence-electron chi connectivity index (χ0n) is 11.9. The van der Waals surface area contributed by atoms with Crippen LogP contribution < -0.4 is 5.32 Å². The lowest BCUT2D eigenvalue weighted by molar-refractivity contribution is -0.146. The van der Waals surface area contributed by atoms with Crippen LogP contribution in [0.3, 0.4) is 0 Å². The minimum absolute atomic E-state index is 0.235. The topological polar surface area (TPSA) is 67.2 Å². The molecule has 2 N–H and O–H groups in total. The molecular weight excluding hydrogens is 242 g/mol. The van der Waals surface area contributed by atoms with Gasteiger partial charge in [-0.15, -0.1) is 0 Å². The van der Waals surface area contributed by atoms with Gasteiger partial charge in [0.1, 0.15) is 5.54 Å². The Bertz CT molecular complexity index is 465. The van der Waals surface area contributed by atoms with Crippen LogP contribution in [0.1, 0.15) is 37.6 Å². The molecule has 0 radical (unpaired) electrons. The lowest BCUT2D eigenvalue weighted by atomic mass is 9.92. The van der Waals surface area contributed by atoms with Gasteiger partial charge in [-0.05, 0) is 45.6 Å². The summed E-state index contributed by atoms with van der Waals surface area (Å²) in [7, 11) is 0. The number of carboxylic acids is 1. The summed E-state index contributed by atoms with van der Waals surface area (Å²) >= 11 is 0. The van der Waals surface area contributed by atoms with Crippen LogP contribution in [0.4, 0.5) is 0 Å². The van der Waals surface area contributed by atoms with Crippen molar-refractivity contribution in [3.8, 4) is 0 Å². The molecule has 1 saturated carbocycles. The molecule has 5 heteroatoms. The highest BCUT2D eigenvalue weighted by atomic mass is 16.4. The van der Waals surface area contributed by atoms with Crippen molar-refractivity contribution in [3.63, 3.8) is 0 Å². The van der Waals surface area contributed by atoms with Crippen molar-refractivity contribution < 1.29 is 9.90 Å². The number of nitrogens with one attached hydrogen (secondary N) is 1. The number of hydrogen-bond acceptors (Lipinski definition) is 3. The Labute approximate surface area is 114 Å². The largest absolute Gasteiger partial charge is 0.480 e. The van der Waals surface area contributed by atoms with Crippen molar-refractivity contribution in [3.05, 3.63) is 17.7 Å². The number of rotatable bonds is 7. The van der Waals surface area contributed by atoms with E-state index in [0.29, 0.717) is 6.54 Å². The van der Waals surface area contributed by atoms with Crippen LogP contribution in [-0.2, 0) is 11.3 Å². The van der Waals surface area contributed by atoms with E-state index in [9.17, 15) is 9.90 Å². The molecule has 106 valence electrons. The van der Waals surface area contributed by atoms with E-state index in [1.165, 1.54) is 0 Å². The van der Waals surface area contributed by atoms with Crippen molar-refractivity contribution in [1.29, 1.82) is 0 Å². The number of hydrogen-bond donors (Lipinski definition) is 2. The fourth-order valence-electron chi connectivity index (χ4n) is 2.54. The van der Waals surface area contributed by atoms with Gasteiger partial charge in [-0.25, -0.2) is 4.98 Å². The third kappa shape index (κ3) is 2.66. The highest BCUT2D eigenvalue weighted by molar-refractivity contribution is 5.79. The Morgan fingerprint density at radius 2 is 2.26 bits per heavy atom. The predicted octanol–water partition coefficient (Wildman–Crippen LogP) is 1.73. The molecule has 0 bridgehead atoms. The molecule has 0 saturated heterocycles. The third-order valence-electron chi connectivity index (χ3n) is 4.11. The van der Waals surface area contributed by atoms with Crippen molar-refractivity contribution in [2.45, 2.75) is 52.1 Å². The molecule has 1 aromatic rings. The van der Waals surface area contributed by atoms with E-state index >= 15 is 0 Å². The van der Waals surface area contributed by atoms with Gasteiger partial charge in [-0.3, -0.25) is 4.79 Å². The zero-order chi connectivity index (χ0) is 14.0. The standard InChI is InChI=1S/C14H23N3O2/c1-4-7-16-14(13(18)19,12-5-6-12)8-17-9-15-10(2)11(17)3/h9,12,16H,4-8H2,1-3H3,(H,18,19). The number of aliphatic carboxylic acids is 1. The van der Waals surface area contributed by atoms with Crippen molar-refractivity contribution in [1.82, 2.24) is 14.9 Å². The second-order valence-corrected chi connectivity index (χ2v) is 5.52. The van der Waals surface area contributed by atoms with E-state index in [0.717, 1.165) is 37.2 Å². The maximum atomic E-state index is 11.8. The van der Waals surface area contributed by atoms with Crippen molar-refractivity contribution in [2.24, 2.45) is 5.92 Å². The first-order valence-corrected chi connectivity index (χ1v) is 6.98. The van der Waals surface area contributed by atoms with Gasteiger partial charge in [0.25, 0.3) is 0 Å². The van der Waals surface area contributed by atoms with Crippen LogP contribution in [0.15, 0.2) is 6.33 Å². The van der Waals surface area contributed by atoms with E-state index in [2.05, 4.69) is 17.2 Å². The molecule has 5 nitrogen and oxygen atoms in total. The second-order valence-electron chi connectivity index (χ2n) is 5.52. The van der Waals surface area contributed by atoms with Crippen LogP contribution in [0.5, 0.6) is 0 Å². The summed E-state index contributed by atoms with van der Waals surface area (Å²) in [6.07, 6.45) is 4.67. The smallest absolute Gasteiger partial charge is 0.326 e. The first-order chi connectivity index (χ1) is 9.01. The lowest BCUT2D eigenvalue weighted by Gasteiger charge is -2.31. The zero-order valence-corrected chi connectivity index (χ0v) is 11.9. The SMILES string of the molecule is CCCNC(Cn1cnc(C)c1C)(C(=O)O)C1CC1. The average molecular weight is 265 g/mol. The van der Waals surface area contributed by atoms with Gasteiger partial charge < -0.3 is 15.0 Å². The second kappa shape index (κ2) is 5.33. The maximum absolute atomic E-state index is 11.8. The fraction of sp³-hybridized carbons (Fsp3) is 0.714. The third-order valence-corrected chi connectivity index (χ3v) is 4.11. The maximum Gasteiger partial charge on any atom is 0.326 e. The number of carboxylic acid groups (broad SMARTS) is 1. The highest BCUT2D eigenvalue weighted by Gasteiger charge is 2.51. The van der Waals surface area contributed by atoms with Crippen LogP contribution in [0.25, 0.3) is 0 Å². The van der Waals surface area contributed by atoms with Crippen molar-refractivity contribution in [2.75, 3.05) is 6.54 Å². The van der Waals surface area contributed by atoms with Crippen LogP contribution in [-0.4, -0.2) is 32.7 Å². The van der Waals surface area contributed by atoms with Crippen LogP contribution in [0, 0.1) is 19.8 Å². The molecule has 1 aliphatic rings. The number of carbonyl (C=O) groups is 1. The van der Waals surface area contributed by atoms with Gasteiger partial charge in [0.15, 0.2) is 0 Å². The number of aryl methyl sites for hydroxylation is 1. The molecule has 1 unspecified atom stereocenters. The fourth-order valence-corrected chi connectivity index (χ4v) is 2.54. The molecule has 0 amide bonds. The van der Waals surface area contributed by atoms with E-state index in [4.69, 9.17) is 0 Å². The van der Waals surface area contributed by atoms with Gasteiger partial charge in [-0.1, -0.05) is 6.92 Å². The first kappa shape index (κ1) is 14.1. The number of imidazole rings is 1. The minimum atomic E-state index is -0.839. The van der Waals surface area contributed by atoms with E-state index in [1.807, 2.05) is 18.4 Å². The van der Waals surface area contributed by atoms with E-state index in [1.54, 1.807) is 6.33 Å². The molecule has 1 fully saturated rings. The molecule has 0 aliphatic heterocycles. The Hall–Kier alpha value is -1.36. The molecule has 1 aliphatic carbocycles. The summed E-state index contributed by atoms with van der Waals surface area (Å²) in [5, 5.41) is 13.0. The molecule has 1 aromatic heterocycles. The Morgan fingerprint density at radius 1 is 1.58 bits per heavy atom. The summed E-state index contributed by atoms with van der Waals surface area (Å²) in [5.74, 6) is -0.507. The van der Waals surface area contributed by atoms with Gasteiger partial charge >= 0.3 is 5.97 Å². The molecule has 2 rings (SSSR count). The van der Waals surface area contributed by atoms with Crippen molar-refractivity contribution >= 4 is 5.97 Å². The first-order valence-electron chi connectivity index (χ1n) is 6.98. The Kier molecular flexibility index (Phi) is 3.94. The molecule has 1 heterocycles. The monoisotopic (exact) mass is 265 g/mol. The predicted molar refractivity (Wildman–Crippen MR) is 73.1 cm³/mol. The number of nitrogens with zero attached hydrogens (tertiary/aromatic N) is 2. The average Bonchev–Trinajstić information content (AvgIpc) is 3.17. The minimum Gasteiger partial charge on any atom is -0.480 e. The van der Waals surface area contributed by atoms with E-state index in [-0.39, 0.29) is 5.92 Å². The quantitative estimate of drug-likeness (QED) is 0.788. The Balaban J connectivity index is 2.26. The van der Waals surface area contributed by atoms with Gasteiger partial charge in [0.2, 0.25) is 0 Å². The highest BCUT2D eigenvalue weighted by Crippen LogP contribution is 2.41. The van der Waals surface area contributed by atoms with Gasteiger partial charge in [-0.2, -0.15) is 0 Å². The van der Waals surface area contributed by atoms with Gasteiger partial charge in [0, 0.05) is 5.69 Å². The number of aromatic nitrogens is 2. The molecule has 19 heavy (non-hydrogen) atoms. The van der Waals surface area contributed by atoms with Gasteiger partial charge in [0.05, 0.1) is 18.6 Å². The van der Waals surface area contributed by atoms with E-state index < -0.39 is 11.5 Å². The molecule has 0 aromatic carbocycles. The summed E-state index contributed by atoms with van der Waals surface area (Å²) in [4.78, 5) is 16.1. The lowest BCUT2D eigenvalue weighted by Crippen LogP contribution is -2.57. The molecular formula is C14H23N3O2. The van der Waals surface area contributed by atoms with Crippen LogP contribution in [0.2, 0.25) is 0 Å². The molecule has 0 spiro atoms.